The number of hydrogen-bond donors (Lipinski definition) is 2. The lowest BCUT2D eigenvalue weighted by Gasteiger charge is -2.37. The molecule has 3 rings (SSSR count). The van der Waals surface area contributed by atoms with Crippen LogP contribution >= 0.6 is 0 Å². The molecule has 0 unspecified atom stereocenters. The van der Waals surface area contributed by atoms with E-state index in [2.05, 4.69) is 15.5 Å². The third-order valence-corrected chi connectivity index (χ3v) is 7.30. The summed E-state index contributed by atoms with van der Waals surface area (Å²) in [6, 6.07) is 6.35. The standard InChI is InChI=1S/C33H50N6O9/c1-9-46-29(42)36-25(27(41)45-8)21-34-26(40)22-14-18-37(19-15-22)24-13-10-12-23(20-24)35-28-38(30(43)47-32(2,3)4)16-11-17-39(28)31(44)48-33(5,6)7/h10,12-13,20,22,25H,9,11,14-19,21H2,1-8H3,(H,34,40)(H,36,42)/t25-/m0/s1. The first-order chi connectivity index (χ1) is 22.5. The van der Waals surface area contributed by atoms with Gasteiger partial charge in [0.05, 0.1) is 19.4 Å². The highest BCUT2D eigenvalue weighted by Gasteiger charge is 2.37. The van der Waals surface area contributed by atoms with E-state index in [1.165, 1.54) is 16.9 Å². The zero-order valence-corrected chi connectivity index (χ0v) is 29.3. The van der Waals surface area contributed by atoms with E-state index in [9.17, 15) is 24.0 Å². The van der Waals surface area contributed by atoms with Gasteiger partial charge in [-0.1, -0.05) is 6.07 Å². The van der Waals surface area contributed by atoms with Gasteiger partial charge in [0.15, 0.2) is 0 Å². The van der Waals surface area contributed by atoms with E-state index < -0.39 is 41.5 Å². The van der Waals surface area contributed by atoms with E-state index in [1.54, 1.807) is 54.5 Å². The molecule has 0 radical (unpaired) electrons. The minimum absolute atomic E-state index is 0.125. The third kappa shape index (κ3) is 11.3. The molecule has 15 nitrogen and oxygen atoms in total. The summed E-state index contributed by atoms with van der Waals surface area (Å²) < 4.78 is 20.8. The molecule has 2 fully saturated rings. The zero-order valence-electron chi connectivity index (χ0n) is 29.3. The van der Waals surface area contributed by atoms with Crippen molar-refractivity contribution in [2.45, 2.75) is 85.0 Å². The number of benzene rings is 1. The van der Waals surface area contributed by atoms with Crippen LogP contribution in [-0.2, 0) is 28.5 Å². The molecule has 2 aliphatic rings. The maximum atomic E-state index is 13.2. The summed E-state index contributed by atoms with van der Waals surface area (Å²) in [5.74, 6) is -1.09. The predicted molar refractivity (Wildman–Crippen MR) is 178 cm³/mol. The summed E-state index contributed by atoms with van der Waals surface area (Å²) in [5, 5.41) is 5.15. The SMILES string of the molecule is CCOC(=O)N[C@@H](CNC(=O)C1CCN(c2cccc(N=C3N(C(=O)OC(C)(C)C)CCCN3C(=O)OC(C)(C)C)c2)CC1)C(=O)OC. The molecule has 2 heterocycles. The number of nitrogens with zero attached hydrogens (tertiary/aromatic N) is 4. The number of anilines is 1. The molecule has 2 saturated heterocycles. The van der Waals surface area contributed by atoms with E-state index in [1.807, 2.05) is 18.2 Å². The number of methoxy groups -OCH3 is 1. The number of carbonyl (C=O) groups is 5. The van der Waals surface area contributed by atoms with Crippen molar-refractivity contribution in [3.05, 3.63) is 24.3 Å². The van der Waals surface area contributed by atoms with Crippen LogP contribution in [0.4, 0.5) is 25.8 Å². The lowest BCUT2D eigenvalue weighted by atomic mass is 9.95. The summed E-state index contributed by atoms with van der Waals surface area (Å²) >= 11 is 0. The van der Waals surface area contributed by atoms with Gasteiger partial charge in [0.2, 0.25) is 11.9 Å². The lowest BCUT2D eigenvalue weighted by Crippen LogP contribution is -2.56. The highest BCUT2D eigenvalue weighted by atomic mass is 16.6. The number of amides is 4. The van der Waals surface area contributed by atoms with Crippen LogP contribution in [0.1, 0.15) is 67.7 Å². The Bertz CT molecular complexity index is 1310. The molecule has 1 aromatic rings. The number of guanidine groups is 1. The Labute approximate surface area is 282 Å². The Morgan fingerprint density at radius 2 is 1.50 bits per heavy atom. The minimum atomic E-state index is -1.08. The van der Waals surface area contributed by atoms with E-state index in [0.717, 1.165) is 5.69 Å². The normalized spacial score (nSPS) is 16.4. The van der Waals surface area contributed by atoms with Crippen molar-refractivity contribution in [3.8, 4) is 0 Å². The number of aliphatic imine (C=N–C) groups is 1. The fraction of sp³-hybridized carbons (Fsp3) is 0.636. The second-order valence-corrected chi connectivity index (χ2v) is 13.5. The Morgan fingerprint density at radius 3 is 2.02 bits per heavy atom. The van der Waals surface area contributed by atoms with Crippen LogP contribution in [0, 0.1) is 5.92 Å². The van der Waals surface area contributed by atoms with E-state index in [4.69, 9.17) is 23.9 Å². The number of hydrogen-bond acceptors (Lipinski definition) is 11. The van der Waals surface area contributed by atoms with Gasteiger partial charge in [0.25, 0.3) is 0 Å². The Kier molecular flexibility index (Phi) is 13.0. The van der Waals surface area contributed by atoms with E-state index in [0.29, 0.717) is 51.1 Å². The molecule has 1 aromatic carbocycles. The molecule has 266 valence electrons. The van der Waals surface area contributed by atoms with Crippen LogP contribution < -0.4 is 15.5 Å². The maximum Gasteiger partial charge on any atom is 0.417 e. The number of ether oxygens (including phenoxy) is 4. The maximum absolute atomic E-state index is 13.2. The topological polar surface area (TPSA) is 168 Å². The van der Waals surface area contributed by atoms with Gasteiger partial charge in [0.1, 0.15) is 17.2 Å². The first kappa shape index (κ1) is 37.9. The Hall–Kier alpha value is -4.56. The van der Waals surface area contributed by atoms with Crippen LogP contribution in [0.15, 0.2) is 29.3 Å². The number of piperidine rings is 1. The first-order valence-electron chi connectivity index (χ1n) is 16.2. The smallest absolute Gasteiger partial charge is 0.417 e. The Balaban J connectivity index is 1.73. The molecule has 0 aliphatic carbocycles. The number of alkyl carbamates (subject to hydrolysis) is 1. The van der Waals surface area contributed by atoms with Crippen molar-refractivity contribution < 1.29 is 42.9 Å². The van der Waals surface area contributed by atoms with Crippen molar-refractivity contribution in [2.24, 2.45) is 10.9 Å². The van der Waals surface area contributed by atoms with Gasteiger partial charge in [-0.2, -0.15) is 0 Å². The van der Waals surface area contributed by atoms with Crippen LogP contribution in [-0.4, -0.2) is 110 Å². The summed E-state index contributed by atoms with van der Waals surface area (Å²) in [4.78, 5) is 73.0. The number of nitrogens with one attached hydrogen (secondary N) is 2. The second kappa shape index (κ2) is 16.5. The first-order valence-corrected chi connectivity index (χ1v) is 16.2. The van der Waals surface area contributed by atoms with Crippen molar-refractivity contribution in [1.29, 1.82) is 0 Å². The van der Waals surface area contributed by atoms with Crippen LogP contribution in [0.25, 0.3) is 0 Å². The monoisotopic (exact) mass is 674 g/mol. The molecule has 1 atom stereocenters. The quantitative estimate of drug-likeness (QED) is 0.302. The number of esters is 1. The van der Waals surface area contributed by atoms with Crippen LogP contribution in [0.5, 0.6) is 0 Å². The van der Waals surface area contributed by atoms with Gasteiger partial charge in [0, 0.05) is 44.3 Å². The highest BCUT2D eigenvalue weighted by Crippen LogP contribution is 2.28. The lowest BCUT2D eigenvalue weighted by molar-refractivity contribution is -0.143. The fourth-order valence-electron chi connectivity index (χ4n) is 5.11. The minimum Gasteiger partial charge on any atom is -0.467 e. The number of carbonyl (C=O) groups excluding carboxylic acids is 5. The summed E-state index contributed by atoms with van der Waals surface area (Å²) in [7, 11) is 1.20. The summed E-state index contributed by atoms with van der Waals surface area (Å²) in [6.07, 6.45) is -0.372. The van der Waals surface area contributed by atoms with Gasteiger partial charge in [-0.05, 0) is 85.9 Å². The van der Waals surface area contributed by atoms with Gasteiger partial charge in [-0.15, -0.1) is 0 Å². The molecule has 15 heteroatoms. The molecule has 0 saturated carbocycles. The molecule has 2 aliphatic heterocycles. The summed E-state index contributed by atoms with van der Waals surface area (Å²) in [5.41, 5.74) is -0.109. The fourth-order valence-corrected chi connectivity index (χ4v) is 5.11. The molecular weight excluding hydrogens is 624 g/mol. The average Bonchev–Trinajstić information content (AvgIpc) is 3.01. The largest absolute Gasteiger partial charge is 0.467 e. The van der Waals surface area contributed by atoms with Crippen LogP contribution in [0.3, 0.4) is 0 Å². The average molecular weight is 675 g/mol. The molecule has 48 heavy (non-hydrogen) atoms. The molecule has 2 N–H and O–H groups in total. The highest BCUT2D eigenvalue weighted by molar-refractivity contribution is 6.03. The predicted octanol–water partition coefficient (Wildman–Crippen LogP) is 4.17. The Morgan fingerprint density at radius 1 is 0.917 bits per heavy atom. The van der Waals surface area contributed by atoms with Crippen molar-refractivity contribution in [1.82, 2.24) is 20.4 Å². The zero-order chi connectivity index (χ0) is 35.6. The van der Waals surface area contributed by atoms with Gasteiger partial charge in [-0.25, -0.2) is 34.0 Å². The molecule has 0 bridgehead atoms. The van der Waals surface area contributed by atoms with Gasteiger partial charge >= 0.3 is 24.2 Å². The molecular formula is C33H50N6O9. The van der Waals surface area contributed by atoms with Crippen LogP contribution in [0.2, 0.25) is 0 Å². The van der Waals surface area contributed by atoms with Crippen molar-refractivity contribution in [3.63, 3.8) is 0 Å². The number of rotatable bonds is 8. The van der Waals surface area contributed by atoms with E-state index in [-0.39, 0.29) is 30.9 Å². The third-order valence-electron chi connectivity index (χ3n) is 7.30. The second-order valence-electron chi connectivity index (χ2n) is 13.5. The molecule has 4 amide bonds. The summed E-state index contributed by atoms with van der Waals surface area (Å²) in [6.45, 7) is 14.1. The van der Waals surface area contributed by atoms with Crippen molar-refractivity contribution >= 4 is 47.5 Å². The van der Waals surface area contributed by atoms with E-state index >= 15 is 0 Å². The molecule has 0 spiro atoms. The van der Waals surface area contributed by atoms with Crippen molar-refractivity contribution in [2.75, 3.05) is 51.3 Å². The van der Waals surface area contributed by atoms with Gasteiger partial charge in [-0.3, -0.25) is 4.79 Å². The van der Waals surface area contributed by atoms with Gasteiger partial charge < -0.3 is 34.5 Å². The molecule has 0 aromatic heterocycles.